The van der Waals surface area contributed by atoms with Crippen molar-refractivity contribution < 1.29 is 19.7 Å². The standard InChI is InChI=1S/C17H16IN5O4/c18-11-10(6-24)27-17(13(11)25)23-8-21-12-14(19-7-20-15(12)23)22-16(26)9-4-2-1-3-5-9/h1-5,7-8,10-11,13,17,24-25H,6H2,(H,19,20,22,26)/t10-,11+,13-,17-/m1/s1. The fraction of sp³-hybridized carbons (Fsp3) is 0.294. The number of amides is 1. The average molecular weight is 481 g/mol. The zero-order valence-electron chi connectivity index (χ0n) is 13.9. The molecule has 1 amide bonds. The number of hydrogen-bond donors (Lipinski definition) is 3. The number of aromatic nitrogens is 4. The van der Waals surface area contributed by atoms with Gasteiger partial charge in [0.25, 0.3) is 5.91 Å². The number of ether oxygens (including phenoxy) is 1. The summed E-state index contributed by atoms with van der Waals surface area (Å²) in [6.07, 6.45) is 0.739. The molecule has 1 aromatic carbocycles. The van der Waals surface area contributed by atoms with Crippen molar-refractivity contribution in [2.24, 2.45) is 0 Å². The normalized spacial score (nSPS) is 25.0. The summed E-state index contributed by atoms with van der Waals surface area (Å²) in [5.41, 5.74) is 1.30. The van der Waals surface area contributed by atoms with Crippen LogP contribution >= 0.6 is 22.6 Å². The maximum Gasteiger partial charge on any atom is 0.256 e. The molecule has 0 spiro atoms. The van der Waals surface area contributed by atoms with E-state index in [9.17, 15) is 15.0 Å². The Hall–Kier alpha value is -2.15. The Bertz CT molecular complexity index is 966. The maximum atomic E-state index is 12.4. The number of halogens is 1. The Balaban J connectivity index is 1.65. The summed E-state index contributed by atoms with van der Waals surface area (Å²) in [7, 11) is 0. The number of imidazole rings is 1. The highest BCUT2D eigenvalue weighted by Gasteiger charge is 2.43. The highest BCUT2D eigenvalue weighted by Crippen LogP contribution is 2.35. The van der Waals surface area contributed by atoms with Gasteiger partial charge in [0.05, 0.1) is 23.0 Å². The summed E-state index contributed by atoms with van der Waals surface area (Å²) in [5.74, 6) is -0.0419. The maximum absolute atomic E-state index is 12.4. The van der Waals surface area contributed by atoms with Gasteiger partial charge in [0.2, 0.25) is 0 Å². The predicted molar refractivity (Wildman–Crippen MR) is 105 cm³/mol. The Kier molecular flexibility index (Phi) is 5.04. The van der Waals surface area contributed by atoms with E-state index < -0.39 is 18.4 Å². The minimum Gasteiger partial charge on any atom is -0.394 e. The van der Waals surface area contributed by atoms with Crippen LogP contribution in [0.3, 0.4) is 0 Å². The van der Waals surface area contributed by atoms with Gasteiger partial charge >= 0.3 is 0 Å². The topological polar surface area (TPSA) is 122 Å². The number of alkyl halides is 1. The van der Waals surface area contributed by atoms with Crippen molar-refractivity contribution >= 4 is 45.5 Å². The third kappa shape index (κ3) is 3.29. The Morgan fingerprint density at radius 2 is 2.04 bits per heavy atom. The molecule has 27 heavy (non-hydrogen) atoms. The van der Waals surface area contributed by atoms with Crippen LogP contribution in [0.1, 0.15) is 16.6 Å². The monoisotopic (exact) mass is 481 g/mol. The van der Waals surface area contributed by atoms with E-state index in [4.69, 9.17) is 4.74 Å². The fourth-order valence-electron chi connectivity index (χ4n) is 2.98. The first-order chi connectivity index (χ1) is 13.1. The van der Waals surface area contributed by atoms with Crippen LogP contribution in [0, 0.1) is 0 Å². The lowest BCUT2D eigenvalue weighted by molar-refractivity contribution is -0.0486. The summed E-state index contributed by atoms with van der Waals surface area (Å²) in [6.45, 7) is -0.193. The minimum atomic E-state index is -0.836. The molecule has 1 aliphatic rings. The van der Waals surface area contributed by atoms with Crippen LogP contribution in [0.15, 0.2) is 43.0 Å². The molecule has 9 nitrogen and oxygen atoms in total. The number of anilines is 1. The van der Waals surface area contributed by atoms with E-state index in [0.717, 1.165) is 0 Å². The Morgan fingerprint density at radius 3 is 2.74 bits per heavy atom. The zero-order chi connectivity index (χ0) is 19.0. The molecule has 3 aromatic rings. The van der Waals surface area contributed by atoms with Crippen LogP contribution in [0.4, 0.5) is 5.82 Å². The first kappa shape index (κ1) is 18.2. The minimum absolute atomic E-state index is 0.193. The van der Waals surface area contributed by atoms with E-state index in [1.54, 1.807) is 28.8 Å². The highest BCUT2D eigenvalue weighted by atomic mass is 127. The van der Waals surface area contributed by atoms with Gasteiger partial charge in [0, 0.05) is 5.56 Å². The first-order valence-electron chi connectivity index (χ1n) is 8.22. The van der Waals surface area contributed by atoms with E-state index in [1.165, 1.54) is 12.7 Å². The summed E-state index contributed by atoms with van der Waals surface area (Å²) >= 11 is 2.05. The van der Waals surface area contributed by atoms with Crippen molar-refractivity contribution in [2.45, 2.75) is 22.4 Å². The molecule has 0 radical (unpaired) electrons. The predicted octanol–water partition coefficient (Wildman–Crippen LogP) is 1.13. The number of nitrogens with zero attached hydrogens (tertiary/aromatic N) is 4. The van der Waals surface area contributed by atoms with E-state index in [-0.39, 0.29) is 22.3 Å². The second kappa shape index (κ2) is 7.46. The first-order valence-corrected chi connectivity index (χ1v) is 9.47. The quantitative estimate of drug-likeness (QED) is 0.377. The number of hydrogen-bond acceptors (Lipinski definition) is 7. The number of aliphatic hydroxyl groups excluding tert-OH is 2. The van der Waals surface area contributed by atoms with Gasteiger partial charge in [-0.3, -0.25) is 9.36 Å². The number of carbonyl (C=O) groups is 1. The number of nitrogens with one attached hydrogen (secondary N) is 1. The molecular formula is C17H16IN5O4. The lowest BCUT2D eigenvalue weighted by Gasteiger charge is -2.16. The van der Waals surface area contributed by atoms with Crippen molar-refractivity contribution in [3.63, 3.8) is 0 Å². The third-order valence-electron chi connectivity index (χ3n) is 4.37. The third-order valence-corrected chi connectivity index (χ3v) is 5.91. The molecule has 0 saturated carbocycles. The van der Waals surface area contributed by atoms with Crippen LogP contribution in [-0.2, 0) is 4.74 Å². The summed E-state index contributed by atoms with van der Waals surface area (Å²) in [4.78, 5) is 25.0. The van der Waals surface area contributed by atoms with Crippen molar-refractivity contribution in [3.8, 4) is 0 Å². The number of fused-ring (bicyclic) bond motifs is 1. The van der Waals surface area contributed by atoms with Crippen LogP contribution in [0.25, 0.3) is 11.2 Å². The second-order valence-electron chi connectivity index (χ2n) is 6.05. The van der Waals surface area contributed by atoms with Gasteiger partial charge in [0.15, 0.2) is 23.2 Å². The molecular weight excluding hydrogens is 465 g/mol. The van der Waals surface area contributed by atoms with Crippen LogP contribution < -0.4 is 5.32 Å². The molecule has 0 aliphatic carbocycles. The molecule has 140 valence electrons. The molecule has 0 unspecified atom stereocenters. The average Bonchev–Trinajstić information content (AvgIpc) is 3.25. The SMILES string of the molecule is O=C(Nc1ncnc2c1ncn2[C@@H]1O[C@H](CO)[C@H](I)[C@H]1O)c1ccccc1. The molecule has 0 bridgehead atoms. The molecule has 4 atom stereocenters. The Morgan fingerprint density at radius 1 is 1.26 bits per heavy atom. The summed E-state index contributed by atoms with van der Waals surface area (Å²) in [5, 5.41) is 22.6. The van der Waals surface area contributed by atoms with Crippen LogP contribution in [0.2, 0.25) is 0 Å². The number of aliphatic hydroxyl groups is 2. The van der Waals surface area contributed by atoms with Crippen LogP contribution in [-0.4, -0.2) is 58.4 Å². The lowest BCUT2D eigenvalue weighted by Crippen LogP contribution is -2.27. The molecule has 3 N–H and O–H groups in total. The summed E-state index contributed by atoms with van der Waals surface area (Å²) < 4.78 is 7.06. The molecule has 3 heterocycles. The largest absolute Gasteiger partial charge is 0.394 e. The van der Waals surface area contributed by atoms with E-state index in [1.807, 2.05) is 6.07 Å². The van der Waals surface area contributed by atoms with Crippen molar-refractivity contribution in [1.29, 1.82) is 0 Å². The molecule has 1 saturated heterocycles. The zero-order valence-corrected chi connectivity index (χ0v) is 16.1. The number of carbonyl (C=O) groups excluding carboxylic acids is 1. The number of benzene rings is 1. The van der Waals surface area contributed by atoms with Gasteiger partial charge in [-0.25, -0.2) is 15.0 Å². The molecule has 10 heteroatoms. The van der Waals surface area contributed by atoms with E-state index in [0.29, 0.717) is 16.7 Å². The van der Waals surface area contributed by atoms with Gasteiger partial charge in [-0.2, -0.15) is 0 Å². The summed E-state index contributed by atoms with van der Waals surface area (Å²) in [6, 6.07) is 8.77. The van der Waals surface area contributed by atoms with E-state index >= 15 is 0 Å². The lowest BCUT2D eigenvalue weighted by atomic mass is 10.2. The van der Waals surface area contributed by atoms with Crippen molar-refractivity contribution in [2.75, 3.05) is 11.9 Å². The molecule has 4 rings (SSSR count). The van der Waals surface area contributed by atoms with Gasteiger partial charge in [0.1, 0.15) is 12.4 Å². The van der Waals surface area contributed by atoms with E-state index in [2.05, 4.69) is 42.9 Å². The van der Waals surface area contributed by atoms with Crippen LogP contribution in [0.5, 0.6) is 0 Å². The van der Waals surface area contributed by atoms with Crippen molar-refractivity contribution in [1.82, 2.24) is 19.5 Å². The smallest absolute Gasteiger partial charge is 0.256 e. The molecule has 2 aromatic heterocycles. The van der Waals surface area contributed by atoms with Crippen molar-refractivity contribution in [3.05, 3.63) is 48.5 Å². The van der Waals surface area contributed by atoms with Gasteiger partial charge in [-0.15, -0.1) is 0 Å². The molecule has 1 aliphatic heterocycles. The van der Waals surface area contributed by atoms with Gasteiger partial charge < -0.3 is 20.3 Å². The fourth-order valence-corrected chi connectivity index (χ4v) is 3.74. The van der Waals surface area contributed by atoms with Gasteiger partial charge in [-0.05, 0) is 12.1 Å². The highest BCUT2D eigenvalue weighted by molar-refractivity contribution is 14.1. The second-order valence-corrected chi connectivity index (χ2v) is 7.49. The Labute approximate surface area is 167 Å². The van der Waals surface area contributed by atoms with Gasteiger partial charge in [-0.1, -0.05) is 40.8 Å². The molecule has 1 fully saturated rings. The number of rotatable bonds is 4.